The molecule has 1 aliphatic rings. The maximum Gasteiger partial charge on any atom is 0.258 e. The smallest absolute Gasteiger partial charge is 0.258 e. The summed E-state index contributed by atoms with van der Waals surface area (Å²) in [7, 11) is 0. The van der Waals surface area contributed by atoms with Crippen LogP contribution in [-0.2, 0) is 11.2 Å². The van der Waals surface area contributed by atoms with Crippen LogP contribution in [0, 0.1) is 0 Å². The molecule has 0 saturated carbocycles. The zero-order valence-electron chi connectivity index (χ0n) is 24.2. The van der Waals surface area contributed by atoms with Crippen molar-refractivity contribution in [3.05, 3.63) is 107 Å². The second-order valence-electron chi connectivity index (χ2n) is 10.9. The number of carbonyl (C=O) groups is 2. The number of aliphatic imine (C=N–C) groups is 1. The number of nitrogens with two attached hydrogens (primary N) is 2. The summed E-state index contributed by atoms with van der Waals surface area (Å²) in [5.74, 6) is 0.957. The summed E-state index contributed by atoms with van der Waals surface area (Å²) in [6.45, 7) is 3.24. The molecule has 5 rings (SSSR count). The Hall–Kier alpha value is -4.56. The van der Waals surface area contributed by atoms with Crippen molar-refractivity contribution >= 4 is 40.1 Å². The van der Waals surface area contributed by atoms with Crippen molar-refractivity contribution in [3.8, 4) is 11.5 Å². The number of hydrogen-bond donors (Lipinski definition) is 2. The number of nitrogens with zero attached hydrogens (tertiary/aromatic N) is 3. The summed E-state index contributed by atoms with van der Waals surface area (Å²) < 4.78 is 6.10. The van der Waals surface area contributed by atoms with Gasteiger partial charge in [0.25, 0.3) is 5.91 Å². The van der Waals surface area contributed by atoms with E-state index < -0.39 is 0 Å². The molecule has 0 bridgehead atoms. The summed E-state index contributed by atoms with van der Waals surface area (Å²) >= 11 is 6.03. The van der Waals surface area contributed by atoms with Gasteiger partial charge in [0, 0.05) is 36.7 Å². The molecule has 9 heteroatoms. The zero-order valence-corrected chi connectivity index (χ0v) is 24.9. The first-order chi connectivity index (χ1) is 20.8. The normalized spacial score (nSPS) is 16.6. The first-order valence-corrected chi connectivity index (χ1v) is 14.8. The van der Waals surface area contributed by atoms with E-state index in [0.29, 0.717) is 61.0 Å². The number of hydrogen-bond acceptors (Lipinski definition) is 4. The Morgan fingerprint density at radius 3 is 2.40 bits per heavy atom. The highest BCUT2D eigenvalue weighted by Crippen LogP contribution is 2.30. The van der Waals surface area contributed by atoms with Crippen LogP contribution in [0.5, 0.6) is 11.5 Å². The Kier molecular flexibility index (Phi) is 9.47. The van der Waals surface area contributed by atoms with Crippen molar-refractivity contribution in [1.29, 1.82) is 0 Å². The van der Waals surface area contributed by atoms with Gasteiger partial charge in [-0.05, 0) is 72.5 Å². The van der Waals surface area contributed by atoms with Crippen LogP contribution in [0.2, 0.25) is 5.02 Å². The summed E-state index contributed by atoms with van der Waals surface area (Å²) in [6, 6.07) is 28.1. The van der Waals surface area contributed by atoms with Crippen LogP contribution in [0.25, 0.3) is 10.8 Å². The van der Waals surface area contributed by atoms with Gasteiger partial charge in [0.15, 0.2) is 5.96 Å². The average molecular weight is 598 g/mol. The number of piperazine rings is 1. The van der Waals surface area contributed by atoms with Gasteiger partial charge >= 0.3 is 0 Å². The molecular weight excluding hydrogens is 562 g/mol. The van der Waals surface area contributed by atoms with Crippen LogP contribution >= 0.6 is 11.6 Å². The quantitative estimate of drug-likeness (QED) is 0.148. The average Bonchev–Trinajstić information content (AvgIpc) is 3.00. The number of fused-ring (bicyclic) bond motifs is 1. The van der Waals surface area contributed by atoms with Crippen LogP contribution in [-0.4, -0.2) is 59.3 Å². The molecule has 2 atom stereocenters. The van der Waals surface area contributed by atoms with Crippen LogP contribution < -0.4 is 16.2 Å². The Bertz CT molecular complexity index is 1620. The first-order valence-electron chi connectivity index (χ1n) is 14.4. The molecule has 0 aromatic heterocycles. The van der Waals surface area contributed by atoms with E-state index >= 15 is 0 Å². The van der Waals surface area contributed by atoms with Gasteiger partial charge < -0.3 is 26.0 Å². The topological polar surface area (TPSA) is 114 Å². The molecular formula is C34H36ClN5O3. The third-order valence-electron chi connectivity index (χ3n) is 7.74. The second-order valence-corrected chi connectivity index (χ2v) is 11.3. The number of amides is 2. The lowest BCUT2D eigenvalue weighted by Crippen LogP contribution is -2.60. The number of halogens is 1. The SMILES string of the molecule is CC1CN(C(=O)c2ccccc2Oc2ccc(Cl)cc2)C(CCCN=C(N)N)CN1C(=O)Cc1ccc2ccccc2c1. The van der Waals surface area contributed by atoms with Crippen LogP contribution in [0.1, 0.15) is 35.7 Å². The van der Waals surface area contributed by atoms with Gasteiger partial charge in [0.1, 0.15) is 11.5 Å². The van der Waals surface area contributed by atoms with E-state index in [1.165, 1.54) is 0 Å². The lowest BCUT2D eigenvalue weighted by Gasteiger charge is -2.45. The van der Waals surface area contributed by atoms with Crippen molar-refractivity contribution in [3.63, 3.8) is 0 Å². The molecule has 2 amide bonds. The van der Waals surface area contributed by atoms with Crippen molar-refractivity contribution in [2.24, 2.45) is 16.5 Å². The van der Waals surface area contributed by atoms with Crippen LogP contribution in [0.15, 0.2) is 96.0 Å². The minimum absolute atomic E-state index is 0.0330. The van der Waals surface area contributed by atoms with Crippen molar-refractivity contribution in [1.82, 2.24) is 9.80 Å². The van der Waals surface area contributed by atoms with E-state index in [-0.39, 0.29) is 29.9 Å². The number of para-hydroxylation sites is 1. The minimum atomic E-state index is -0.220. The monoisotopic (exact) mass is 597 g/mol. The molecule has 43 heavy (non-hydrogen) atoms. The van der Waals surface area contributed by atoms with Crippen molar-refractivity contribution in [2.45, 2.75) is 38.3 Å². The summed E-state index contributed by atoms with van der Waals surface area (Å²) in [5, 5.41) is 2.84. The van der Waals surface area contributed by atoms with E-state index in [0.717, 1.165) is 16.3 Å². The summed E-state index contributed by atoms with van der Waals surface area (Å²) in [4.78, 5) is 35.6. The Labute approximate surface area is 256 Å². The molecule has 1 saturated heterocycles. The fourth-order valence-electron chi connectivity index (χ4n) is 5.56. The maximum atomic E-state index is 14.1. The largest absolute Gasteiger partial charge is 0.457 e. The van der Waals surface area contributed by atoms with Gasteiger partial charge in [0.05, 0.1) is 12.0 Å². The Morgan fingerprint density at radius 1 is 0.907 bits per heavy atom. The molecule has 1 aliphatic heterocycles. The lowest BCUT2D eigenvalue weighted by molar-refractivity contribution is -0.136. The van der Waals surface area contributed by atoms with Gasteiger partial charge in [-0.15, -0.1) is 0 Å². The van der Waals surface area contributed by atoms with Gasteiger partial charge in [-0.25, -0.2) is 0 Å². The number of rotatable bonds is 9. The van der Waals surface area contributed by atoms with E-state index in [4.69, 9.17) is 27.8 Å². The predicted molar refractivity (Wildman–Crippen MR) is 172 cm³/mol. The summed E-state index contributed by atoms with van der Waals surface area (Å²) in [6.07, 6.45) is 1.59. The van der Waals surface area contributed by atoms with E-state index in [9.17, 15) is 9.59 Å². The van der Waals surface area contributed by atoms with E-state index in [1.54, 1.807) is 36.4 Å². The first kappa shape index (κ1) is 29.9. The molecule has 8 nitrogen and oxygen atoms in total. The number of guanidine groups is 1. The number of ether oxygens (including phenoxy) is 1. The predicted octanol–water partition coefficient (Wildman–Crippen LogP) is 5.62. The third-order valence-corrected chi connectivity index (χ3v) is 7.99. The van der Waals surface area contributed by atoms with E-state index in [1.807, 2.05) is 53.1 Å². The zero-order chi connectivity index (χ0) is 30.3. The molecule has 4 aromatic rings. The highest BCUT2D eigenvalue weighted by atomic mass is 35.5. The third kappa shape index (κ3) is 7.45. The van der Waals surface area contributed by atoms with Gasteiger partial charge in [-0.2, -0.15) is 0 Å². The Morgan fingerprint density at radius 2 is 1.63 bits per heavy atom. The van der Waals surface area contributed by atoms with Crippen molar-refractivity contribution in [2.75, 3.05) is 19.6 Å². The van der Waals surface area contributed by atoms with Gasteiger partial charge in [-0.1, -0.05) is 66.2 Å². The minimum Gasteiger partial charge on any atom is -0.457 e. The second kappa shape index (κ2) is 13.6. The number of benzene rings is 4. The van der Waals surface area contributed by atoms with Crippen molar-refractivity contribution < 1.29 is 14.3 Å². The molecule has 4 aromatic carbocycles. The molecule has 2 unspecified atom stereocenters. The Balaban J connectivity index is 1.36. The molecule has 1 heterocycles. The summed E-state index contributed by atoms with van der Waals surface area (Å²) in [5.41, 5.74) is 12.5. The highest BCUT2D eigenvalue weighted by Gasteiger charge is 2.37. The molecule has 222 valence electrons. The fraction of sp³-hybridized carbons (Fsp3) is 0.265. The molecule has 4 N–H and O–H groups in total. The number of carbonyl (C=O) groups excluding carboxylic acids is 2. The fourth-order valence-corrected chi connectivity index (χ4v) is 5.68. The van der Waals surface area contributed by atoms with Gasteiger partial charge in [-0.3, -0.25) is 14.6 Å². The highest BCUT2D eigenvalue weighted by molar-refractivity contribution is 6.30. The molecule has 0 radical (unpaired) electrons. The lowest BCUT2D eigenvalue weighted by atomic mass is 9.99. The maximum absolute atomic E-state index is 14.1. The van der Waals surface area contributed by atoms with Crippen LogP contribution in [0.4, 0.5) is 0 Å². The standard InChI is InChI=1S/C34H36ClN5O3/c1-23-21-40(33(42)30-10-4-5-11-31(30)43-29-16-14-27(35)15-17-29)28(9-6-18-38-34(36)37)22-39(23)32(41)20-24-12-13-25-7-2-3-8-26(25)19-24/h2-5,7-8,10-17,19,23,28H,6,9,18,20-22H2,1H3,(H4,36,37,38). The molecule has 0 aliphatic carbocycles. The van der Waals surface area contributed by atoms with Crippen LogP contribution in [0.3, 0.4) is 0 Å². The van der Waals surface area contributed by atoms with E-state index in [2.05, 4.69) is 23.2 Å². The molecule has 1 fully saturated rings. The molecule has 0 spiro atoms. The van der Waals surface area contributed by atoms with Gasteiger partial charge in [0.2, 0.25) is 5.91 Å².